The molecule has 3 rings (SSSR count). The van der Waals surface area contributed by atoms with Crippen molar-refractivity contribution in [3.05, 3.63) is 59.4 Å². The van der Waals surface area contributed by atoms with Crippen LogP contribution < -0.4 is 10.6 Å². The Morgan fingerprint density at radius 2 is 2.04 bits per heavy atom. The summed E-state index contributed by atoms with van der Waals surface area (Å²) in [6, 6.07) is 12.3. The number of rotatable bonds is 5. The Kier molecular flexibility index (Phi) is 4.23. The molecule has 6 heteroatoms. The van der Waals surface area contributed by atoms with E-state index in [0.717, 1.165) is 5.52 Å². The number of nitrogens with one attached hydrogen (secondary N) is 2. The highest BCUT2D eigenvalue weighted by Crippen LogP contribution is 2.17. The number of para-hydroxylation sites is 2. The van der Waals surface area contributed by atoms with Gasteiger partial charge in [-0.3, -0.25) is 4.79 Å². The monoisotopic (exact) mass is 313 g/mol. The Balaban J connectivity index is 1.51. The standard InChI is InChI=1S/C17H16FN3O2/c1-11-6-7-12(10-13(11)18)16(22)19-8-9-20-17-21-14-4-2-3-5-15(14)23-17/h2-7,10H,8-9H2,1H3,(H,19,22)(H,20,21). The smallest absolute Gasteiger partial charge is 0.295 e. The predicted octanol–water partition coefficient (Wildman–Crippen LogP) is 3.12. The lowest BCUT2D eigenvalue weighted by Gasteiger charge is -2.06. The van der Waals surface area contributed by atoms with Crippen molar-refractivity contribution >= 4 is 23.0 Å². The second kappa shape index (κ2) is 6.48. The molecular formula is C17H16FN3O2. The fraction of sp³-hybridized carbons (Fsp3) is 0.176. The van der Waals surface area contributed by atoms with Gasteiger partial charge in [0.2, 0.25) is 0 Å². The van der Waals surface area contributed by atoms with Gasteiger partial charge in [0, 0.05) is 18.7 Å². The maximum Gasteiger partial charge on any atom is 0.295 e. The summed E-state index contributed by atoms with van der Waals surface area (Å²) in [6.45, 7) is 2.47. The molecule has 0 spiro atoms. The molecule has 5 nitrogen and oxygen atoms in total. The van der Waals surface area contributed by atoms with Crippen LogP contribution in [-0.2, 0) is 0 Å². The summed E-state index contributed by atoms with van der Waals surface area (Å²) in [5.41, 5.74) is 2.29. The number of aromatic nitrogens is 1. The highest BCUT2D eigenvalue weighted by Gasteiger charge is 2.08. The van der Waals surface area contributed by atoms with Gasteiger partial charge in [0.05, 0.1) is 0 Å². The molecule has 0 aliphatic heterocycles. The molecule has 1 amide bonds. The summed E-state index contributed by atoms with van der Waals surface area (Å²) in [5.74, 6) is -0.703. The fourth-order valence-electron chi connectivity index (χ4n) is 2.13. The second-order valence-electron chi connectivity index (χ2n) is 5.13. The van der Waals surface area contributed by atoms with Gasteiger partial charge in [0.1, 0.15) is 11.3 Å². The van der Waals surface area contributed by atoms with Gasteiger partial charge in [0.25, 0.3) is 11.9 Å². The lowest BCUT2D eigenvalue weighted by atomic mass is 10.1. The SMILES string of the molecule is Cc1ccc(C(=O)NCCNc2nc3ccccc3o2)cc1F. The molecule has 2 aromatic carbocycles. The van der Waals surface area contributed by atoms with Crippen molar-refractivity contribution < 1.29 is 13.6 Å². The van der Waals surface area contributed by atoms with Crippen LogP contribution in [0.3, 0.4) is 0 Å². The first kappa shape index (κ1) is 15.0. The van der Waals surface area contributed by atoms with E-state index in [1.54, 1.807) is 19.1 Å². The van der Waals surface area contributed by atoms with Gasteiger partial charge in [-0.2, -0.15) is 4.98 Å². The summed E-state index contributed by atoms with van der Waals surface area (Å²) in [5, 5.41) is 5.71. The molecule has 1 heterocycles. The number of nitrogens with zero attached hydrogens (tertiary/aromatic N) is 1. The molecule has 0 aliphatic rings. The Hall–Kier alpha value is -2.89. The number of hydrogen-bond acceptors (Lipinski definition) is 4. The topological polar surface area (TPSA) is 67.2 Å². The first-order valence-electron chi connectivity index (χ1n) is 7.27. The number of anilines is 1. The molecular weight excluding hydrogens is 297 g/mol. The van der Waals surface area contributed by atoms with E-state index in [4.69, 9.17) is 4.42 Å². The Morgan fingerprint density at radius 1 is 1.22 bits per heavy atom. The van der Waals surface area contributed by atoms with Gasteiger partial charge in [0.15, 0.2) is 5.58 Å². The van der Waals surface area contributed by atoms with Crippen LogP contribution in [0.25, 0.3) is 11.1 Å². The van der Waals surface area contributed by atoms with Crippen LogP contribution in [0.5, 0.6) is 0 Å². The van der Waals surface area contributed by atoms with Crippen molar-refractivity contribution in [2.75, 3.05) is 18.4 Å². The van der Waals surface area contributed by atoms with Crippen molar-refractivity contribution in [3.8, 4) is 0 Å². The zero-order valence-corrected chi connectivity index (χ0v) is 12.6. The van der Waals surface area contributed by atoms with Crippen LogP contribution in [0.4, 0.5) is 10.4 Å². The molecule has 0 saturated heterocycles. The number of oxazole rings is 1. The third-order valence-electron chi connectivity index (χ3n) is 3.41. The van der Waals surface area contributed by atoms with Crippen LogP contribution in [-0.4, -0.2) is 24.0 Å². The largest absolute Gasteiger partial charge is 0.424 e. The maximum absolute atomic E-state index is 13.4. The maximum atomic E-state index is 13.4. The van der Waals surface area contributed by atoms with Crippen LogP contribution in [0, 0.1) is 12.7 Å². The minimum atomic E-state index is -0.387. The first-order chi connectivity index (χ1) is 11.1. The van der Waals surface area contributed by atoms with Gasteiger partial charge < -0.3 is 15.1 Å². The van der Waals surface area contributed by atoms with Crippen molar-refractivity contribution in [2.24, 2.45) is 0 Å². The van der Waals surface area contributed by atoms with E-state index in [-0.39, 0.29) is 11.7 Å². The van der Waals surface area contributed by atoms with Gasteiger partial charge in [-0.1, -0.05) is 18.2 Å². The van der Waals surface area contributed by atoms with Crippen LogP contribution >= 0.6 is 0 Å². The summed E-state index contributed by atoms with van der Waals surface area (Å²) in [4.78, 5) is 16.2. The Morgan fingerprint density at radius 3 is 2.83 bits per heavy atom. The Bertz CT molecular complexity index is 812. The lowest BCUT2D eigenvalue weighted by Crippen LogP contribution is -2.28. The van der Waals surface area contributed by atoms with E-state index in [0.29, 0.717) is 35.8 Å². The molecule has 0 fully saturated rings. The highest BCUT2D eigenvalue weighted by atomic mass is 19.1. The molecule has 1 aromatic heterocycles. The molecule has 23 heavy (non-hydrogen) atoms. The van der Waals surface area contributed by atoms with Crippen molar-refractivity contribution in [1.29, 1.82) is 0 Å². The minimum absolute atomic E-state index is 0.301. The summed E-state index contributed by atoms with van der Waals surface area (Å²) in [7, 11) is 0. The van der Waals surface area contributed by atoms with E-state index in [1.807, 2.05) is 24.3 Å². The molecule has 0 unspecified atom stereocenters. The average Bonchev–Trinajstić information content (AvgIpc) is 2.96. The number of hydrogen-bond donors (Lipinski definition) is 2. The molecule has 118 valence electrons. The lowest BCUT2D eigenvalue weighted by molar-refractivity contribution is 0.0954. The zero-order valence-electron chi connectivity index (χ0n) is 12.6. The molecule has 3 aromatic rings. The molecule has 0 radical (unpaired) electrons. The fourth-order valence-corrected chi connectivity index (χ4v) is 2.13. The van der Waals surface area contributed by atoms with Crippen molar-refractivity contribution in [1.82, 2.24) is 10.3 Å². The molecule has 0 bridgehead atoms. The zero-order chi connectivity index (χ0) is 16.2. The normalized spacial score (nSPS) is 10.7. The number of halogens is 1. The number of carbonyl (C=O) groups excluding carboxylic acids is 1. The van der Waals surface area contributed by atoms with E-state index in [1.165, 1.54) is 6.07 Å². The van der Waals surface area contributed by atoms with Gasteiger partial charge in [-0.05, 0) is 36.8 Å². The first-order valence-corrected chi connectivity index (χ1v) is 7.27. The predicted molar refractivity (Wildman–Crippen MR) is 86.0 cm³/mol. The number of carbonyl (C=O) groups is 1. The number of fused-ring (bicyclic) bond motifs is 1. The van der Waals surface area contributed by atoms with Crippen LogP contribution in [0.2, 0.25) is 0 Å². The number of aryl methyl sites for hydroxylation is 1. The molecule has 0 atom stereocenters. The van der Waals surface area contributed by atoms with E-state index in [9.17, 15) is 9.18 Å². The Labute approximate surface area is 132 Å². The summed E-state index contributed by atoms with van der Waals surface area (Å²) >= 11 is 0. The van der Waals surface area contributed by atoms with Crippen LogP contribution in [0.15, 0.2) is 46.9 Å². The van der Waals surface area contributed by atoms with E-state index < -0.39 is 0 Å². The third-order valence-corrected chi connectivity index (χ3v) is 3.41. The summed E-state index contributed by atoms with van der Waals surface area (Å²) in [6.07, 6.45) is 0. The summed E-state index contributed by atoms with van der Waals surface area (Å²) < 4.78 is 18.9. The van der Waals surface area contributed by atoms with E-state index in [2.05, 4.69) is 15.6 Å². The second-order valence-corrected chi connectivity index (χ2v) is 5.13. The minimum Gasteiger partial charge on any atom is -0.424 e. The quantitative estimate of drug-likeness (QED) is 0.710. The van der Waals surface area contributed by atoms with Gasteiger partial charge in [-0.25, -0.2) is 4.39 Å². The highest BCUT2D eigenvalue weighted by molar-refractivity contribution is 5.94. The van der Waals surface area contributed by atoms with Gasteiger partial charge >= 0.3 is 0 Å². The van der Waals surface area contributed by atoms with E-state index >= 15 is 0 Å². The number of benzene rings is 2. The molecule has 0 aliphatic carbocycles. The molecule has 0 saturated carbocycles. The average molecular weight is 313 g/mol. The molecule has 2 N–H and O–H groups in total. The van der Waals surface area contributed by atoms with Gasteiger partial charge in [-0.15, -0.1) is 0 Å². The third kappa shape index (κ3) is 3.48. The van der Waals surface area contributed by atoms with Crippen molar-refractivity contribution in [2.45, 2.75) is 6.92 Å². The van der Waals surface area contributed by atoms with Crippen LogP contribution in [0.1, 0.15) is 15.9 Å². The number of amides is 1. The van der Waals surface area contributed by atoms with Crippen molar-refractivity contribution in [3.63, 3.8) is 0 Å².